The molecule has 1 saturated heterocycles. The molecule has 0 N–H and O–H groups in total. The fourth-order valence-electron chi connectivity index (χ4n) is 4.86. The standard InChI is InChI=1S/C27H29FN6O5/c1-30-23-22(25(36)31(2)27(30)37)34(16-17-5-8-19(28)9-6-17)26(29-23)33-13-11-32(12-14-33)24(35)18-7-10-20(38-3)21(15-18)39-4/h5-10,15H,11-14,16H2,1-4H3. The number of piperazine rings is 1. The molecule has 4 aromatic rings. The number of methoxy groups -OCH3 is 2. The third-order valence-corrected chi connectivity index (χ3v) is 7.06. The molecule has 1 amide bonds. The molecule has 204 valence electrons. The van der Waals surface area contributed by atoms with E-state index < -0.39 is 11.2 Å². The Hall–Kier alpha value is -4.61. The number of halogens is 1. The fourth-order valence-corrected chi connectivity index (χ4v) is 4.86. The Kier molecular flexibility index (Phi) is 6.85. The number of amides is 1. The van der Waals surface area contributed by atoms with Crippen LogP contribution in [0.1, 0.15) is 15.9 Å². The van der Waals surface area contributed by atoms with Crippen LogP contribution in [-0.4, -0.2) is 69.9 Å². The quantitative estimate of drug-likeness (QED) is 0.369. The normalized spacial score (nSPS) is 13.7. The van der Waals surface area contributed by atoms with Gasteiger partial charge in [0.15, 0.2) is 22.7 Å². The molecule has 2 aromatic carbocycles. The second-order valence-corrected chi connectivity index (χ2v) is 9.35. The maximum atomic E-state index is 13.5. The van der Waals surface area contributed by atoms with Gasteiger partial charge < -0.3 is 19.3 Å². The van der Waals surface area contributed by atoms with E-state index in [1.54, 1.807) is 46.8 Å². The highest BCUT2D eigenvalue weighted by atomic mass is 19.1. The summed E-state index contributed by atoms with van der Waals surface area (Å²) >= 11 is 0. The number of rotatable bonds is 6. The maximum absolute atomic E-state index is 13.5. The van der Waals surface area contributed by atoms with Crippen LogP contribution in [0.3, 0.4) is 0 Å². The van der Waals surface area contributed by atoms with Crippen LogP contribution in [0.2, 0.25) is 0 Å². The Morgan fingerprint density at radius 2 is 1.59 bits per heavy atom. The minimum atomic E-state index is -0.476. The maximum Gasteiger partial charge on any atom is 0.332 e. The van der Waals surface area contributed by atoms with Gasteiger partial charge in [0, 0.05) is 45.8 Å². The lowest BCUT2D eigenvalue weighted by molar-refractivity contribution is 0.0745. The van der Waals surface area contributed by atoms with Crippen LogP contribution in [0.15, 0.2) is 52.1 Å². The largest absolute Gasteiger partial charge is 0.493 e. The number of benzene rings is 2. The van der Waals surface area contributed by atoms with Crippen molar-refractivity contribution < 1.29 is 18.7 Å². The number of anilines is 1. The van der Waals surface area contributed by atoms with Gasteiger partial charge in [-0.3, -0.25) is 23.3 Å². The summed E-state index contributed by atoms with van der Waals surface area (Å²) in [7, 11) is 6.06. The average Bonchev–Trinajstić information content (AvgIpc) is 3.34. The average molecular weight is 537 g/mol. The molecule has 5 rings (SSSR count). The first-order valence-electron chi connectivity index (χ1n) is 12.4. The molecule has 2 aromatic heterocycles. The summed E-state index contributed by atoms with van der Waals surface area (Å²) in [6, 6.07) is 11.1. The second-order valence-electron chi connectivity index (χ2n) is 9.35. The summed E-state index contributed by atoms with van der Waals surface area (Å²) in [5.74, 6) is 1.03. The van der Waals surface area contributed by atoms with Crippen LogP contribution >= 0.6 is 0 Å². The van der Waals surface area contributed by atoms with E-state index in [0.29, 0.717) is 49.2 Å². The molecular weight excluding hydrogens is 507 g/mol. The predicted octanol–water partition coefficient (Wildman–Crippen LogP) is 1.60. The molecule has 1 aliphatic heterocycles. The van der Waals surface area contributed by atoms with E-state index in [1.165, 1.54) is 38.0 Å². The van der Waals surface area contributed by atoms with Gasteiger partial charge >= 0.3 is 5.69 Å². The number of nitrogens with zero attached hydrogens (tertiary/aromatic N) is 6. The molecule has 3 heterocycles. The lowest BCUT2D eigenvalue weighted by Crippen LogP contribution is -2.49. The van der Waals surface area contributed by atoms with Gasteiger partial charge in [-0.25, -0.2) is 9.18 Å². The molecule has 1 fully saturated rings. The Balaban J connectivity index is 1.47. The molecule has 39 heavy (non-hydrogen) atoms. The van der Waals surface area contributed by atoms with Gasteiger partial charge in [0.1, 0.15) is 5.82 Å². The van der Waals surface area contributed by atoms with Crippen LogP contribution in [0.4, 0.5) is 10.3 Å². The van der Waals surface area contributed by atoms with Crippen molar-refractivity contribution in [3.63, 3.8) is 0 Å². The first-order valence-corrected chi connectivity index (χ1v) is 12.4. The SMILES string of the molecule is COc1ccc(C(=O)N2CCN(c3nc4c(c(=O)n(C)c(=O)n4C)n3Cc3ccc(F)cc3)CC2)cc1OC. The number of aromatic nitrogens is 4. The zero-order valence-corrected chi connectivity index (χ0v) is 22.2. The Morgan fingerprint density at radius 3 is 2.23 bits per heavy atom. The molecule has 12 heteroatoms. The van der Waals surface area contributed by atoms with Gasteiger partial charge in [-0.05, 0) is 35.9 Å². The van der Waals surface area contributed by atoms with Crippen molar-refractivity contribution in [3.8, 4) is 11.5 Å². The van der Waals surface area contributed by atoms with Crippen molar-refractivity contribution in [1.82, 2.24) is 23.6 Å². The van der Waals surface area contributed by atoms with Crippen LogP contribution in [0.25, 0.3) is 11.2 Å². The summed E-state index contributed by atoms with van der Waals surface area (Å²) in [5, 5.41) is 0. The second kappa shape index (κ2) is 10.3. The summed E-state index contributed by atoms with van der Waals surface area (Å²) in [4.78, 5) is 47.5. The summed E-state index contributed by atoms with van der Waals surface area (Å²) in [5.41, 5.74) is 0.872. The van der Waals surface area contributed by atoms with Crippen LogP contribution in [-0.2, 0) is 20.6 Å². The van der Waals surface area contributed by atoms with Gasteiger partial charge in [-0.1, -0.05) is 12.1 Å². The lowest BCUT2D eigenvalue weighted by atomic mass is 10.1. The molecule has 0 atom stereocenters. The van der Waals surface area contributed by atoms with Gasteiger partial charge in [-0.15, -0.1) is 0 Å². The molecule has 0 spiro atoms. The number of hydrogen-bond donors (Lipinski definition) is 0. The fraction of sp³-hybridized carbons (Fsp3) is 0.333. The van der Waals surface area contributed by atoms with E-state index >= 15 is 0 Å². The van der Waals surface area contributed by atoms with Gasteiger partial charge in [-0.2, -0.15) is 4.98 Å². The van der Waals surface area contributed by atoms with E-state index in [9.17, 15) is 18.8 Å². The van der Waals surface area contributed by atoms with Crippen molar-refractivity contribution in [2.75, 3.05) is 45.3 Å². The van der Waals surface area contributed by atoms with Gasteiger partial charge in [0.05, 0.1) is 20.8 Å². The van der Waals surface area contributed by atoms with E-state index in [4.69, 9.17) is 14.5 Å². The highest BCUT2D eigenvalue weighted by Crippen LogP contribution is 2.29. The minimum Gasteiger partial charge on any atom is -0.493 e. The molecule has 1 aliphatic rings. The molecule has 0 aliphatic carbocycles. The molecule has 0 unspecified atom stereocenters. The highest BCUT2D eigenvalue weighted by molar-refractivity contribution is 5.95. The van der Waals surface area contributed by atoms with Crippen molar-refractivity contribution in [2.45, 2.75) is 6.54 Å². The zero-order chi connectivity index (χ0) is 27.8. The van der Waals surface area contributed by atoms with Gasteiger partial charge in [0.25, 0.3) is 11.5 Å². The summed E-state index contributed by atoms with van der Waals surface area (Å²) in [6.45, 7) is 2.01. The Bertz CT molecular complexity index is 1670. The number of carbonyl (C=O) groups is 1. The Morgan fingerprint density at radius 1 is 0.923 bits per heavy atom. The van der Waals surface area contributed by atoms with Crippen LogP contribution in [0, 0.1) is 5.82 Å². The van der Waals surface area contributed by atoms with Crippen molar-refractivity contribution >= 4 is 23.0 Å². The summed E-state index contributed by atoms with van der Waals surface area (Å²) < 4.78 is 28.3. The van der Waals surface area contributed by atoms with Crippen LogP contribution < -0.4 is 25.6 Å². The first kappa shape index (κ1) is 26.0. The van der Waals surface area contributed by atoms with Crippen molar-refractivity contribution in [2.24, 2.45) is 14.1 Å². The van der Waals surface area contributed by atoms with Crippen molar-refractivity contribution in [3.05, 3.63) is 80.2 Å². The highest BCUT2D eigenvalue weighted by Gasteiger charge is 2.28. The number of hydrogen-bond acceptors (Lipinski definition) is 7. The van der Waals surface area contributed by atoms with E-state index in [-0.39, 0.29) is 29.4 Å². The van der Waals surface area contributed by atoms with E-state index in [1.807, 2.05) is 4.90 Å². The lowest BCUT2D eigenvalue weighted by Gasteiger charge is -2.35. The molecule has 11 nitrogen and oxygen atoms in total. The summed E-state index contributed by atoms with van der Waals surface area (Å²) in [6.07, 6.45) is 0. The van der Waals surface area contributed by atoms with Crippen molar-refractivity contribution in [1.29, 1.82) is 0 Å². The van der Waals surface area contributed by atoms with Gasteiger partial charge in [0.2, 0.25) is 5.95 Å². The number of ether oxygens (including phenoxy) is 2. The predicted molar refractivity (Wildman–Crippen MR) is 143 cm³/mol. The number of aryl methyl sites for hydroxylation is 1. The Labute approximate surface area is 223 Å². The molecule has 0 bridgehead atoms. The number of fused-ring (bicyclic) bond motifs is 1. The monoisotopic (exact) mass is 536 g/mol. The zero-order valence-electron chi connectivity index (χ0n) is 22.2. The molecule has 0 radical (unpaired) electrons. The third kappa shape index (κ3) is 4.62. The van der Waals surface area contributed by atoms with E-state index in [0.717, 1.165) is 10.1 Å². The molecular formula is C27H29FN6O5. The number of imidazole rings is 1. The third-order valence-electron chi connectivity index (χ3n) is 7.06. The van der Waals surface area contributed by atoms with Crippen LogP contribution in [0.5, 0.6) is 11.5 Å². The topological polar surface area (TPSA) is 104 Å². The number of carbonyl (C=O) groups excluding carboxylic acids is 1. The molecule has 0 saturated carbocycles. The first-order chi connectivity index (χ1) is 18.7. The smallest absolute Gasteiger partial charge is 0.332 e. The van der Waals surface area contributed by atoms with E-state index in [2.05, 4.69) is 0 Å². The minimum absolute atomic E-state index is 0.133.